The van der Waals surface area contributed by atoms with Crippen LogP contribution in [0, 0.1) is 0 Å². The number of rotatable bonds is 5. The van der Waals surface area contributed by atoms with Crippen molar-refractivity contribution in [1.82, 2.24) is 14.8 Å². The summed E-state index contributed by atoms with van der Waals surface area (Å²) in [6.07, 6.45) is 7.00. The van der Waals surface area contributed by atoms with Gasteiger partial charge in [0.15, 0.2) is 11.5 Å². The van der Waals surface area contributed by atoms with Gasteiger partial charge in [0.2, 0.25) is 12.7 Å². The molecule has 0 radical (unpaired) electrons. The van der Waals surface area contributed by atoms with Crippen LogP contribution in [0.15, 0.2) is 53.1 Å². The first-order valence-electron chi connectivity index (χ1n) is 12.3. The zero-order valence-corrected chi connectivity index (χ0v) is 19.8. The summed E-state index contributed by atoms with van der Waals surface area (Å²) in [4.78, 5) is 29.5. The summed E-state index contributed by atoms with van der Waals surface area (Å²) in [5.74, 6) is 1.71. The molecular weight excluding hydrogens is 446 g/mol. The smallest absolute Gasteiger partial charge is 0.271 e. The fraction of sp³-hybridized carbons (Fsp3) is 0.407. The second-order valence-corrected chi connectivity index (χ2v) is 9.83. The van der Waals surface area contributed by atoms with E-state index in [-0.39, 0.29) is 31.2 Å². The number of fused-ring (bicyclic) bond motifs is 2. The number of ether oxygens (including phenoxy) is 2. The van der Waals surface area contributed by atoms with E-state index in [0.717, 1.165) is 36.9 Å². The topological polar surface area (TPSA) is 85.9 Å². The molecule has 1 fully saturated rings. The fourth-order valence-corrected chi connectivity index (χ4v) is 5.47. The monoisotopic (exact) mass is 475 g/mol. The second-order valence-electron chi connectivity index (χ2n) is 9.83. The minimum absolute atomic E-state index is 0.122. The maximum atomic E-state index is 13.9. The number of amides is 2. The molecule has 1 atom stereocenters. The predicted molar refractivity (Wildman–Crippen MR) is 128 cm³/mol. The van der Waals surface area contributed by atoms with Gasteiger partial charge in [-0.2, -0.15) is 0 Å². The van der Waals surface area contributed by atoms with E-state index >= 15 is 0 Å². The molecule has 1 aromatic carbocycles. The van der Waals surface area contributed by atoms with Crippen molar-refractivity contribution < 1.29 is 23.5 Å². The molecule has 3 aliphatic rings. The van der Waals surface area contributed by atoms with Crippen molar-refractivity contribution in [2.45, 2.75) is 63.7 Å². The molecule has 1 saturated carbocycles. The maximum Gasteiger partial charge on any atom is 0.271 e. The number of nitrogens with zero attached hydrogens (tertiary/aromatic N) is 2. The molecule has 4 heterocycles. The number of carbonyl (C=O) groups excluding carboxylic acids is 2. The Morgan fingerprint density at radius 2 is 1.86 bits per heavy atom. The number of carbonyl (C=O) groups is 2. The van der Waals surface area contributed by atoms with Gasteiger partial charge in [-0.25, -0.2) is 0 Å². The van der Waals surface area contributed by atoms with Crippen LogP contribution in [0.5, 0.6) is 11.5 Å². The van der Waals surface area contributed by atoms with E-state index in [0.29, 0.717) is 29.5 Å². The number of hydrogen-bond donors (Lipinski definition) is 1. The van der Waals surface area contributed by atoms with Crippen LogP contribution in [0.2, 0.25) is 0 Å². The zero-order valence-electron chi connectivity index (χ0n) is 19.8. The van der Waals surface area contributed by atoms with E-state index in [4.69, 9.17) is 13.9 Å². The van der Waals surface area contributed by atoms with Crippen molar-refractivity contribution in [3.05, 3.63) is 60.0 Å². The van der Waals surface area contributed by atoms with Crippen LogP contribution >= 0.6 is 0 Å². The summed E-state index contributed by atoms with van der Waals surface area (Å²) in [7, 11) is 0. The van der Waals surface area contributed by atoms with Gasteiger partial charge in [0, 0.05) is 12.6 Å². The second kappa shape index (κ2) is 8.52. The highest BCUT2D eigenvalue weighted by atomic mass is 16.7. The van der Waals surface area contributed by atoms with Gasteiger partial charge in [-0.3, -0.25) is 9.59 Å². The van der Waals surface area contributed by atoms with Gasteiger partial charge in [0.1, 0.15) is 17.0 Å². The summed E-state index contributed by atoms with van der Waals surface area (Å²) in [6.45, 7) is 2.67. The van der Waals surface area contributed by atoms with E-state index in [1.54, 1.807) is 11.2 Å². The van der Waals surface area contributed by atoms with Crippen molar-refractivity contribution in [2.75, 3.05) is 6.79 Å². The average Bonchev–Trinajstić information content (AvgIpc) is 3.62. The van der Waals surface area contributed by atoms with E-state index in [1.807, 2.05) is 54.0 Å². The third kappa shape index (κ3) is 3.77. The number of nitrogens with one attached hydrogen (secondary N) is 1. The highest BCUT2D eigenvalue weighted by Gasteiger charge is 2.48. The Hall–Kier alpha value is -3.68. The van der Waals surface area contributed by atoms with Crippen LogP contribution in [0.4, 0.5) is 0 Å². The van der Waals surface area contributed by atoms with E-state index in [1.165, 1.54) is 6.42 Å². The molecular formula is C27H29N3O5. The Morgan fingerprint density at radius 3 is 2.66 bits per heavy atom. The molecule has 3 aromatic rings. The van der Waals surface area contributed by atoms with Gasteiger partial charge in [-0.05, 0) is 61.7 Å². The summed E-state index contributed by atoms with van der Waals surface area (Å²) in [5, 5.41) is 3.27. The van der Waals surface area contributed by atoms with Crippen molar-refractivity contribution in [3.8, 4) is 23.0 Å². The Balaban J connectivity index is 1.37. The summed E-state index contributed by atoms with van der Waals surface area (Å²) in [5.41, 5.74) is 1.13. The van der Waals surface area contributed by atoms with Crippen molar-refractivity contribution in [2.24, 2.45) is 0 Å². The van der Waals surface area contributed by atoms with Crippen LogP contribution in [0.3, 0.4) is 0 Å². The van der Waals surface area contributed by atoms with Gasteiger partial charge < -0.3 is 28.7 Å². The normalized spacial score (nSPS) is 21.7. The third-order valence-corrected chi connectivity index (χ3v) is 7.49. The molecule has 2 aromatic heterocycles. The first-order chi connectivity index (χ1) is 17.0. The molecule has 0 unspecified atom stereocenters. The predicted octanol–water partition coefficient (Wildman–Crippen LogP) is 4.34. The Morgan fingerprint density at radius 1 is 1.06 bits per heavy atom. The molecule has 0 spiro atoms. The standard InChI is InChI=1S/C27H29N3O5/c1-27(26(32)28-19-6-3-2-4-7-19)16-29-20(22-8-5-13-33-22)10-11-21(29)25(31)30(27)15-18-9-12-23-24(14-18)35-17-34-23/h5,8-14,19H,2-4,6-7,15-17H2,1H3,(H,28,32)/t27-/m1/s1. The molecule has 2 amide bonds. The van der Waals surface area contributed by atoms with Crippen molar-refractivity contribution in [1.29, 1.82) is 0 Å². The molecule has 0 bridgehead atoms. The first-order valence-corrected chi connectivity index (χ1v) is 12.3. The van der Waals surface area contributed by atoms with Gasteiger partial charge in [0.25, 0.3) is 5.91 Å². The van der Waals surface area contributed by atoms with Gasteiger partial charge >= 0.3 is 0 Å². The lowest BCUT2D eigenvalue weighted by molar-refractivity contribution is -0.134. The summed E-state index contributed by atoms with van der Waals surface area (Å²) in [6, 6.07) is 13.2. The van der Waals surface area contributed by atoms with Crippen molar-refractivity contribution >= 4 is 11.8 Å². The van der Waals surface area contributed by atoms with Crippen LogP contribution < -0.4 is 14.8 Å². The number of furan rings is 1. The molecule has 6 rings (SSSR count). The largest absolute Gasteiger partial charge is 0.463 e. The molecule has 2 aliphatic heterocycles. The lowest BCUT2D eigenvalue weighted by Gasteiger charge is -2.45. The molecule has 8 nitrogen and oxygen atoms in total. The fourth-order valence-electron chi connectivity index (χ4n) is 5.47. The summed E-state index contributed by atoms with van der Waals surface area (Å²) < 4.78 is 18.5. The highest BCUT2D eigenvalue weighted by molar-refractivity contribution is 6.00. The SMILES string of the molecule is C[C@]1(C(=O)NC2CCCCC2)Cn2c(ccc2-c2ccco2)C(=O)N1Cc1ccc2c(c1)OCO2. The van der Waals surface area contributed by atoms with Crippen LogP contribution in [0.1, 0.15) is 55.1 Å². The molecule has 182 valence electrons. The zero-order chi connectivity index (χ0) is 24.0. The molecule has 35 heavy (non-hydrogen) atoms. The molecule has 1 aliphatic carbocycles. The number of aromatic nitrogens is 1. The van der Waals surface area contributed by atoms with Crippen LogP contribution in [-0.4, -0.2) is 39.7 Å². The Kier molecular flexibility index (Phi) is 5.31. The van der Waals surface area contributed by atoms with E-state index < -0.39 is 5.54 Å². The molecule has 1 N–H and O–H groups in total. The number of benzene rings is 1. The first kappa shape index (κ1) is 21.8. The van der Waals surface area contributed by atoms with Gasteiger partial charge in [-0.1, -0.05) is 25.3 Å². The lowest BCUT2D eigenvalue weighted by Crippen LogP contribution is -2.64. The lowest BCUT2D eigenvalue weighted by atomic mass is 9.91. The molecule has 8 heteroatoms. The van der Waals surface area contributed by atoms with Crippen molar-refractivity contribution in [3.63, 3.8) is 0 Å². The summed E-state index contributed by atoms with van der Waals surface area (Å²) >= 11 is 0. The van der Waals surface area contributed by atoms with Gasteiger partial charge in [-0.15, -0.1) is 0 Å². The number of hydrogen-bond acceptors (Lipinski definition) is 5. The Bertz CT molecular complexity index is 1260. The van der Waals surface area contributed by atoms with Crippen LogP contribution in [-0.2, 0) is 17.9 Å². The highest BCUT2D eigenvalue weighted by Crippen LogP contribution is 2.37. The van der Waals surface area contributed by atoms with Gasteiger partial charge in [0.05, 0.1) is 18.5 Å². The van der Waals surface area contributed by atoms with E-state index in [9.17, 15) is 9.59 Å². The van der Waals surface area contributed by atoms with Crippen LogP contribution in [0.25, 0.3) is 11.5 Å². The maximum absolute atomic E-state index is 13.9. The quantitative estimate of drug-likeness (QED) is 0.593. The third-order valence-electron chi connectivity index (χ3n) is 7.49. The minimum atomic E-state index is -1.09. The minimum Gasteiger partial charge on any atom is -0.463 e. The molecule has 0 saturated heterocycles. The Labute approximate surface area is 203 Å². The average molecular weight is 476 g/mol. The van der Waals surface area contributed by atoms with E-state index in [2.05, 4.69) is 5.32 Å².